The van der Waals surface area contributed by atoms with Crippen molar-refractivity contribution in [3.63, 3.8) is 0 Å². The first-order valence-corrected chi connectivity index (χ1v) is 10.5. The predicted octanol–water partition coefficient (Wildman–Crippen LogP) is 2.41. The van der Waals surface area contributed by atoms with Gasteiger partial charge in [-0.1, -0.05) is 24.3 Å². The molecule has 0 radical (unpaired) electrons. The highest BCUT2D eigenvalue weighted by molar-refractivity contribution is 5.79. The van der Waals surface area contributed by atoms with Gasteiger partial charge in [-0.05, 0) is 66.5 Å². The van der Waals surface area contributed by atoms with Crippen molar-refractivity contribution in [1.82, 2.24) is 0 Å². The second-order valence-corrected chi connectivity index (χ2v) is 7.92. The van der Waals surface area contributed by atoms with E-state index < -0.39 is 5.97 Å². The number of aliphatic carboxylic acids is 1. The summed E-state index contributed by atoms with van der Waals surface area (Å²) in [4.78, 5) is 19.0. The van der Waals surface area contributed by atoms with Gasteiger partial charge in [0.25, 0.3) is 0 Å². The van der Waals surface area contributed by atoms with Crippen molar-refractivity contribution in [3.05, 3.63) is 59.7 Å². The molecule has 0 unspecified atom stereocenters. The van der Waals surface area contributed by atoms with Crippen LogP contribution in [-0.2, 0) is 9.53 Å². The summed E-state index contributed by atoms with van der Waals surface area (Å²) in [6.07, 6.45) is 2.59. The van der Waals surface area contributed by atoms with Crippen LogP contribution >= 0.6 is 0 Å². The molecular weight excluding hydrogens is 408 g/mol. The molecule has 0 amide bonds. The Bertz CT molecular complexity index is 964. The summed E-state index contributed by atoms with van der Waals surface area (Å²) in [5.41, 5.74) is 25.6. The highest BCUT2D eigenvalue weighted by atomic mass is 16.5. The molecule has 0 aromatic heterocycles. The number of aliphatic imine (C=N–C) groups is 2. The van der Waals surface area contributed by atoms with Crippen molar-refractivity contribution in [2.45, 2.75) is 43.6 Å². The minimum absolute atomic E-state index is 0.00403. The number of nitrogens with zero attached hydrogens (tertiary/aromatic N) is 2. The molecule has 9 nitrogen and oxygen atoms in total. The van der Waals surface area contributed by atoms with E-state index >= 15 is 0 Å². The third-order valence-electron chi connectivity index (χ3n) is 5.63. The van der Waals surface area contributed by atoms with E-state index in [4.69, 9.17) is 32.8 Å². The summed E-state index contributed by atoms with van der Waals surface area (Å²) >= 11 is 0. The number of hydrogen-bond donors (Lipinski definition) is 5. The molecule has 0 bridgehead atoms. The maximum absolute atomic E-state index is 10.8. The minimum Gasteiger partial charge on any atom is -0.481 e. The first-order chi connectivity index (χ1) is 15.3. The summed E-state index contributed by atoms with van der Waals surface area (Å²) < 4.78 is 5.89. The van der Waals surface area contributed by atoms with Crippen LogP contribution in [0.2, 0.25) is 0 Å². The van der Waals surface area contributed by atoms with Crippen LogP contribution in [0.25, 0.3) is 0 Å². The fourth-order valence-electron chi connectivity index (χ4n) is 4.25. The molecule has 9 heteroatoms. The molecule has 2 aromatic rings. The van der Waals surface area contributed by atoms with Crippen LogP contribution in [0.15, 0.2) is 58.5 Å². The fourth-order valence-corrected chi connectivity index (χ4v) is 4.25. The Hall–Kier alpha value is -3.59. The smallest absolute Gasteiger partial charge is 0.305 e. The molecule has 0 saturated heterocycles. The molecule has 1 aliphatic rings. The van der Waals surface area contributed by atoms with E-state index in [0.29, 0.717) is 11.4 Å². The number of carboxylic acids is 1. The number of benzene rings is 2. The third kappa shape index (κ3) is 6.45. The van der Waals surface area contributed by atoms with Gasteiger partial charge in [0.1, 0.15) is 0 Å². The second-order valence-electron chi connectivity index (χ2n) is 7.92. The Kier molecular flexibility index (Phi) is 7.67. The van der Waals surface area contributed by atoms with Gasteiger partial charge in [-0.25, -0.2) is 9.98 Å². The molecule has 1 saturated carbocycles. The Morgan fingerprint density at radius 1 is 0.844 bits per heavy atom. The van der Waals surface area contributed by atoms with Crippen molar-refractivity contribution in [2.75, 3.05) is 6.61 Å². The number of carbonyl (C=O) groups is 1. The van der Waals surface area contributed by atoms with Crippen LogP contribution in [0.4, 0.5) is 11.4 Å². The average Bonchev–Trinajstić information content (AvgIpc) is 2.74. The summed E-state index contributed by atoms with van der Waals surface area (Å²) in [6.45, 7) is 0.216. The molecule has 2 aromatic carbocycles. The Labute approximate surface area is 187 Å². The van der Waals surface area contributed by atoms with Crippen molar-refractivity contribution in [1.29, 1.82) is 0 Å². The lowest BCUT2D eigenvalue weighted by Crippen LogP contribution is -2.28. The first kappa shape index (κ1) is 23.1. The van der Waals surface area contributed by atoms with Crippen LogP contribution < -0.4 is 22.9 Å². The molecule has 3 atom stereocenters. The molecule has 3 rings (SSSR count). The molecule has 9 N–H and O–H groups in total. The highest BCUT2D eigenvalue weighted by Crippen LogP contribution is 2.45. The van der Waals surface area contributed by atoms with E-state index in [-0.39, 0.29) is 42.9 Å². The largest absolute Gasteiger partial charge is 0.481 e. The standard InChI is InChI=1S/C23H30N6O3/c24-22(25)28-16-5-1-14(2-6-16)19-10-9-18(32-12-11-21(30)31)13-20(19)15-3-7-17(8-4-15)29-23(26)27/h1-8,18-20H,9-13H2,(H,30,31)(H4,24,25,28)(H4,26,27,29)/t18-,19+,20+/m1/s1. The second kappa shape index (κ2) is 10.6. The van der Waals surface area contributed by atoms with Gasteiger partial charge in [-0.15, -0.1) is 0 Å². The van der Waals surface area contributed by atoms with E-state index in [0.717, 1.165) is 24.8 Å². The first-order valence-electron chi connectivity index (χ1n) is 10.5. The van der Waals surface area contributed by atoms with Gasteiger partial charge in [0.2, 0.25) is 0 Å². The Morgan fingerprint density at radius 2 is 1.34 bits per heavy atom. The van der Waals surface area contributed by atoms with Crippen molar-refractivity contribution < 1.29 is 14.6 Å². The zero-order valence-electron chi connectivity index (χ0n) is 17.9. The molecular formula is C23H30N6O3. The van der Waals surface area contributed by atoms with Crippen LogP contribution in [0, 0.1) is 0 Å². The van der Waals surface area contributed by atoms with Gasteiger partial charge in [0, 0.05) is 0 Å². The molecule has 0 aliphatic heterocycles. The maximum Gasteiger partial charge on any atom is 0.305 e. The maximum atomic E-state index is 10.8. The number of nitrogens with two attached hydrogens (primary N) is 4. The summed E-state index contributed by atoms with van der Waals surface area (Å²) in [5.74, 6) is -0.347. The van der Waals surface area contributed by atoms with E-state index in [2.05, 4.69) is 22.1 Å². The molecule has 1 aliphatic carbocycles. The molecule has 1 fully saturated rings. The number of hydrogen-bond acceptors (Lipinski definition) is 4. The molecule has 170 valence electrons. The van der Waals surface area contributed by atoms with Crippen molar-refractivity contribution >= 4 is 29.3 Å². The molecule has 0 heterocycles. The van der Waals surface area contributed by atoms with E-state index in [9.17, 15) is 4.79 Å². The zero-order chi connectivity index (χ0) is 23.1. The molecule has 32 heavy (non-hydrogen) atoms. The monoisotopic (exact) mass is 438 g/mol. The van der Waals surface area contributed by atoms with Gasteiger partial charge in [-0.2, -0.15) is 0 Å². The van der Waals surface area contributed by atoms with Crippen LogP contribution in [0.3, 0.4) is 0 Å². The van der Waals surface area contributed by atoms with Gasteiger partial charge < -0.3 is 32.8 Å². The van der Waals surface area contributed by atoms with E-state index in [1.165, 1.54) is 5.56 Å². The van der Waals surface area contributed by atoms with Gasteiger partial charge in [0.15, 0.2) is 11.9 Å². The van der Waals surface area contributed by atoms with Gasteiger partial charge in [-0.3, -0.25) is 4.79 Å². The van der Waals surface area contributed by atoms with Crippen molar-refractivity contribution in [3.8, 4) is 0 Å². The quantitative estimate of drug-likeness (QED) is 0.310. The number of guanidine groups is 2. The average molecular weight is 439 g/mol. The van der Waals surface area contributed by atoms with Crippen LogP contribution in [-0.4, -0.2) is 35.7 Å². The third-order valence-corrected chi connectivity index (χ3v) is 5.63. The normalized spacial score (nSPS) is 20.3. The lowest BCUT2D eigenvalue weighted by molar-refractivity contribution is -0.138. The summed E-state index contributed by atoms with van der Waals surface area (Å²) in [5, 5.41) is 8.90. The summed E-state index contributed by atoms with van der Waals surface area (Å²) in [6, 6.07) is 15.8. The van der Waals surface area contributed by atoms with Gasteiger partial charge >= 0.3 is 5.97 Å². The minimum atomic E-state index is -0.855. The topological polar surface area (TPSA) is 175 Å². The Morgan fingerprint density at radius 3 is 1.81 bits per heavy atom. The van der Waals surface area contributed by atoms with Gasteiger partial charge in [0.05, 0.1) is 30.5 Å². The van der Waals surface area contributed by atoms with E-state index in [1.807, 2.05) is 36.4 Å². The Balaban J connectivity index is 1.83. The number of carboxylic acid groups (broad SMARTS) is 1. The number of ether oxygens (including phenoxy) is 1. The van der Waals surface area contributed by atoms with Crippen LogP contribution in [0.5, 0.6) is 0 Å². The SMILES string of the molecule is NC(N)=Nc1ccc([C@@H]2CC[C@@H](OCCC(=O)O)C[C@H]2c2ccc(N=C(N)N)cc2)cc1. The molecule has 0 spiro atoms. The highest BCUT2D eigenvalue weighted by Gasteiger charge is 2.33. The predicted molar refractivity (Wildman–Crippen MR) is 125 cm³/mol. The lowest BCUT2D eigenvalue weighted by atomic mass is 9.71. The summed E-state index contributed by atoms with van der Waals surface area (Å²) in [7, 11) is 0. The van der Waals surface area contributed by atoms with Crippen molar-refractivity contribution in [2.24, 2.45) is 32.9 Å². The fraction of sp³-hybridized carbons (Fsp3) is 0.348. The zero-order valence-corrected chi connectivity index (χ0v) is 17.9. The number of rotatable bonds is 8. The lowest BCUT2D eigenvalue weighted by Gasteiger charge is -2.37. The van der Waals surface area contributed by atoms with E-state index in [1.54, 1.807) is 0 Å². The van der Waals surface area contributed by atoms with Crippen LogP contribution in [0.1, 0.15) is 48.6 Å².